The van der Waals surface area contributed by atoms with E-state index in [4.69, 9.17) is 9.84 Å². The molecule has 0 aliphatic rings. The van der Waals surface area contributed by atoms with E-state index in [1.165, 1.54) is 6.08 Å². The summed E-state index contributed by atoms with van der Waals surface area (Å²) in [6.45, 7) is 2.34. The zero-order chi connectivity index (χ0) is 11.8. The van der Waals surface area contributed by atoms with Crippen LogP contribution in [0.5, 0.6) is 5.75 Å². The normalized spacial score (nSPS) is 9.94. The average Bonchev–Trinajstić information content (AvgIpc) is 2.26. The highest BCUT2D eigenvalue weighted by atomic mass is 16.5. The number of carbonyl (C=O) groups excluding carboxylic acids is 1. The molecular weight excluding hydrogens is 206 g/mol. The molecule has 0 fully saturated rings. The lowest BCUT2D eigenvalue weighted by atomic mass is 10.1. The summed E-state index contributed by atoms with van der Waals surface area (Å²) in [6, 6.07) is 7.42. The molecule has 1 aromatic carbocycles. The summed E-state index contributed by atoms with van der Waals surface area (Å²) in [5.41, 5.74) is 1.03. The second kappa shape index (κ2) is 6.77. The van der Waals surface area contributed by atoms with Crippen LogP contribution in [0.25, 0.3) is 0 Å². The standard InChI is InChI=1S/C12H14NO3/c1-10(15)8-11-2-4-12(5-3-11)16-7-6-13-9-14/h2-5,15H,6-8H2,1H3. The third kappa shape index (κ3) is 4.73. The van der Waals surface area contributed by atoms with Crippen molar-refractivity contribution >= 4 is 6.08 Å². The number of aliphatic hydroxyl groups excluding tert-OH is 1. The zero-order valence-electron chi connectivity index (χ0n) is 9.14. The van der Waals surface area contributed by atoms with Crippen LogP contribution in [0.2, 0.25) is 0 Å². The van der Waals surface area contributed by atoms with Crippen molar-refractivity contribution in [1.29, 1.82) is 0 Å². The Morgan fingerprint density at radius 3 is 2.69 bits per heavy atom. The maximum absolute atomic E-state index is 9.79. The second-order valence-electron chi connectivity index (χ2n) is 3.38. The smallest absolute Gasteiger partial charge is 0.235 e. The molecule has 1 rings (SSSR count). The number of aliphatic hydroxyl groups is 1. The Balaban J connectivity index is 2.41. The van der Waals surface area contributed by atoms with Gasteiger partial charge in [0.15, 0.2) is 0 Å². The predicted molar refractivity (Wildman–Crippen MR) is 59.5 cm³/mol. The molecule has 0 bridgehead atoms. The Labute approximate surface area is 94.6 Å². The molecule has 0 saturated carbocycles. The number of isocyanates is 1. The van der Waals surface area contributed by atoms with Gasteiger partial charge in [-0.3, -0.25) is 0 Å². The molecule has 85 valence electrons. The first-order valence-electron chi connectivity index (χ1n) is 4.99. The highest BCUT2D eigenvalue weighted by Crippen LogP contribution is 2.14. The van der Waals surface area contributed by atoms with E-state index < -0.39 is 0 Å². The van der Waals surface area contributed by atoms with E-state index in [1.807, 2.05) is 24.3 Å². The summed E-state index contributed by atoms with van der Waals surface area (Å²) >= 11 is 0. The predicted octanol–water partition coefficient (Wildman–Crippen LogP) is 1.87. The molecule has 1 radical (unpaired) electrons. The molecule has 4 heteroatoms. The molecule has 1 aromatic rings. The Bertz CT molecular complexity index is 353. The van der Waals surface area contributed by atoms with Crippen molar-refractivity contribution in [2.45, 2.75) is 13.3 Å². The number of benzene rings is 1. The Morgan fingerprint density at radius 2 is 2.12 bits per heavy atom. The van der Waals surface area contributed by atoms with Gasteiger partial charge in [-0.25, -0.2) is 9.79 Å². The minimum Gasteiger partial charge on any atom is -0.492 e. The maximum Gasteiger partial charge on any atom is 0.235 e. The minimum atomic E-state index is 0.314. The third-order valence-corrected chi connectivity index (χ3v) is 1.92. The highest BCUT2D eigenvalue weighted by molar-refractivity contribution is 5.32. The van der Waals surface area contributed by atoms with Gasteiger partial charge < -0.3 is 9.84 Å². The van der Waals surface area contributed by atoms with Crippen LogP contribution in [0.3, 0.4) is 0 Å². The van der Waals surface area contributed by atoms with E-state index in [9.17, 15) is 4.79 Å². The summed E-state index contributed by atoms with van der Waals surface area (Å²) in [7, 11) is 0. The quantitative estimate of drug-likeness (QED) is 0.452. The van der Waals surface area contributed by atoms with Crippen LogP contribution in [0.15, 0.2) is 29.3 Å². The van der Waals surface area contributed by atoms with Crippen molar-refractivity contribution in [3.63, 3.8) is 0 Å². The molecule has 0 aliphatic heterocycles. The molecule has 0 spiro atoms. The lowest BCUT2D eigenvalue weighted by Crippen LogP contribution is -2.01. The minimum absolute atomic E-state index is 0.314. The molecule has 0 atom stereocenters. The number of hydrogen-bond acceptors (Lipinski definition) is 4. The van der Waals surface area contributed by atoms with Crippen molar-refractivity contribution in [2.24, 2.45) is 4.99 Å². The van der Waals surface area contributed by atoms with E-state index >= 15 is 0 Å². The number of hydrogen-bond donors (Lipinski definition) is 1. The van der Waals surface area contributed by atoms with Crippen LogP contribution >= 0.6 is 0 Å². The average molecular weight is 220 g/mol. The Kier molecular flexibility index (Phi) is 5.26. The number of aliphatic imine (C=N–C) groups is 1. The Morgan fingerprint density at radius 1 is 1.44 bits per heavy atom. The van der Waals surface area contributed by atoms with Crippen LogP contribution in [-0.4, -0.2) is 24.3 Å². The number of nitrogens with zero attached hydrogens (tertiary/aromatic N) is 1. The molecule has 0 aliphatic carbocycles. The third-order valence-electron chi connectivity index (χ3n) is 1.92. The van der Waals surface area contributed by atoms with Gasteiger partial charge in [0.05, 0.1) is 12.6 Å². The van der Waals surface area contributed by atoms with E-state index in [0.29, 0.717) is 25.7 Å². The lowest BCUT2D eigenvalue weighted by molar-refractivity contribution is 0.306. The molecule has 0 amide bonds. The van der Waals surface area contributed by atoms with Crippen LogP contribution in [0, 0.1) is 6.10 Å². The highest BCUT2D eigenvalue weighted by Gasteiger charge is 2.00. The van der Waals surface area contributed by atoms with Crippen LogP contribution in [0.4, 0.5) is 0 Å². The molecule has 0 heterocycles. The SMILES string of the molecule is C[C](O)Cc1ccc(OCCN=C=O)cc1. The fraction of sp³-hybridized carbons (Fsp3) is 0.333. The molecule has 0 saturated heterocycles. The van der Waals surface area contributed by atoms with E-state index in [1.54, 1.807) is 6.92 Å². The van der Waals surface area contributed by atoms with Gasteiger partial charge in [0.1, 0.15) is 12.4 Å². The van der Waals surface area contributed by atoms with Crippen LogP contribution in [0.1, 0.15) is 12.5 Å². The van der Waals surface area contributed by atoms with E-state index in [2.05, 4.69) is 4.99 Å². The fourth-order valence-corrected chi connectivity index (χ4v) is 1.25. The summed E-state index contributed by atoms with van der Waals surface area (Å²) in [5.74, 6) is 0.723. The van der Waals surface area contributed by atoms with Crippen molar-refractivity contribution in [3.05, 3.63) is 35.9 Å². The first-order valence-corrected chi connectivity index (χ1v) is 4.99. The van der Waals surface area contributed by atoms with Gasteiger partial charge in [0, 0.05) is 6.42 Å². The first-order chi connectivity index (χ1) is 7.72. The molecule has 16 heavy (non-hydrogen) atoms. The molecule has 0 unspecified atom stereocenters. The lowest BCUT2D eigenvalue weighted by Gasteiger charge is -2.06. The molecular formula is C12H14NO3. The first kappa shape index (κ1) is 12.4. The summed E-state index contributed by atoms with van der Waals surface area (Å²) in [4.78, 5) is 13.2. The van der Waals surface area contributed by atoms with Crippen LogP contribution in [-0.2, 0) is 11.2 Å². The van der Waals surface area contributed by atoms with Gasteiger partial charge in [0.25, 0.3) is 0 Å². The summed E-state index contributed by atoms with van der Waals surface area (Å²) in [6.07, 6.45) is 2.38. The monoisotopic (exact) mass is 220 g/mol. The summed E-state index contributed by atoms with van der Waals surface area (Å²) in [5, 5.41) is 9.11. The van der Waals surface area contributed by atoms with Gasteiger partial charge in [-0.05, 0) is 24.6 Å². The maximum atomic E-state index is 9.79. The van der Waals surface area contributed by atoms with Gasteiger partial charge in [0.2, 0.25) is 6.08 Å². The van der Waals surface area contributed by atoms with E-state index in [-0.39, 0.29) is 0 Å². The molecule has 4 nitrogen and oxygen atoms in total. The number of rotatable bonds is 6. The summed E-state index contributed by atoms with van der Waals surface area (Å²) < 4.78 is 5.33. The molecule has 0 aromatic heterocycles. The largest absolute Gasteiger partial charge is 0.492 e. The topological polar surface area (TPSA) is 58.9 Å². The Hall–Kier alpha value is -1.64. The van der Waals surface area contributed by atoms with Crippen molar-refractivity contribution in [1.82, 2.24) is 0 Å². The van der Waals surface area contributed by atoms with Crippen molar-refractivity contribution < 1.29 is 14.6 Å². The van der Waals surface area contributed by atoms with Gasteiger partial charge >= 0.3 is 0 Å². The fourth-order valence-electron chi connectivity index (χ4n) is 1.25. The van der Waals surface area contributed by atoms with Crippen LogP contribution < -0.4 is 4.74 Å². The molecule has 1 N–H and O–H groups in total. The van der Waals surface area contributed by atoms with Gasteiger partial charge in [-0.1, -0.05) is 12.1 Å². The van der Waals surface area contributed by atoms with Gasteiger partial charge in [-0.2, -0.15) is 0 Å². The second-order valence-corrected chi connectivity index (χ2v) is 3.38. The zero-order valence-corrected chi connectivity index (χ0v) is 9.14. The van der Waals surface area contributed by atoms with Gasteiger partial charge in [-0.15, -0.1) is 0 Å². The van der Waals surface area contributed by atoms with Crippen molar-refractivity contribution in [2.75, 3.05) is 13.2 Å². The van der Waals surface area contributed by atoms with Crippen molar-refractivity contribution in [3.8, 4) is 5.75 Å². The number of ether oxygens (including phenoxy) is 1. The van der Waals surface area contributed by atoms with E-state index in [0.717, 1.165) is 11.3 Å².